The van der Waals surface area contributed by atoms with Crippen molar-refractivity contribution >= 4 is 5.69 Å². The maximum absolute atomic E-state index is 5.36. The van der Waals surface area contributed by atoms with E-state index in [0.29, 0.717) is 5.92 Å². The van der Waals surface area contributed by atoms with E-state index in [0.717, 1.165) is 5.69 Å². The minimum atomic E-state index is 0.659. The Morgan fingerprint density at radius 1 is 0.789 bits per heavy atom. The molecular formula is C18H27N. The second-order valence-corrected chi connectivity index (χ2v) is 4.68. The normalized spacial score (nSPS) is 8.89. The van der Waals surface area contributed by atoms with Crippen LogP contribution in [0.2, 0.25) is 0 Å². The molecular weight excluding hydrogens is 230 g/mol. The highest BCUT2D eigenvalue weighted by molar-refractivity contribution is 5.35. The summed E-state index contributed by atoms with van der Waals surface area (Å²) in [5.74, 6) is 0.659. The second-order valence-electron chi connectivity index (χ2n) is 4.68. The number of hydrogen-bond acceptors (Lipinski definition) is 1. The van der Waals surface area contributed by atoms with Crippen molar-refractivity contribution in [3.8, 4) is 0 Å². The molecule has 0 heterocycles. The highest BCUT2D eigenvalue weighted by Gasteiger charge is 1.93. The van der Waals surface area contributed by atoms with E-state index in [-0.39, 0.29) is 0 Å². The molecule has 104 valence electrons. The van der Waals surface area contributed by atoms with Crippen LogP contribution in [-0.2, 0) is 0 Å². The van der Waals surface area contributed by atoms with Gasteiger partial charge >= 0.3 is 0 Å². The van der Waals surface area contributed by atoms with Crippen molar-refractivity contribution in [2.75, 3.05) is 5.73 Å². The third kappa shape index (κ3) is 9.90. The highest BCUT2D eigenvalue weighted by atomic mass is 14.5. The molecule has 0 spiro atoms. The Labute approximate surface area is 118 Å². The lowest BCUT2D eigenvalue weighted by Crippen LogP contribution is -1.83. The Hall–Kier alpha value is -1.76. The van der Waals surface area contributed by atoms with E-state index in [4.69, 9.17) is 5.73 Å². The first-order valence-electron chi connectivity index (χ1n) is 6.97. The lowest BCUT2D eigenvalue weighted by Gasteiger charge is -2.01. The average Bonchev–Trinajstić information content (AvgIpc) is 2.42. The van der Waals surface area contributed by atoms with Gasteiger partial charge in [0.2, 0.25) is 0 Å². The van der Waals surface area contributed by atoms with E-state index in [9.17, 15) is 0 Å². The van der Waals surface area contributed by atoms with Crippen LogP contribution in [0.15, 0.2) is 60.7 Å². The summed E-state index contributed by atoms with van der Waals surface area (Å²) in [6, 6.07) is 20.0. The topological polar surface area (TPSA) is 26.0 Å². The molecule has 0 saturated carbocycles. The predicted molar refractivity (Wildman–Crippen MR) is 87.4 cm³/mol. The predicted octanol–water partition coefficient (Wildman–Crippen LogP) is 5.50. The van der Waals surface area contributed by atoms with Gasteiger partial charge in [-0.2, -0.15) is 0 Å². The first-order valence-corrected chi connectivity index (χ1v) is 6.97. The van der Waals surface area contributed by atoms with Gasteiger partial charge in [-0.25, -0.2) is 0 Å². The third-order valence-corrected chi connectivity index (χ3v) is 2.27. The molecule has 0 bridgehead atoms. The molecule has 0 unspecified atom stereocenters. The van der Waals surface area contributed by atoms with Gasteiger partial charge in [-0.1, -0.05) is 82.6 Å². The molecule has 0 saturated heterocycles. The van der Waals surface area contributed by atoms with E-state index in [1.165, 1.54) is 12.0 Å². The van der Waals surface area contributed by atoms with E-state index >= 15 is 0 Å². The average molecular weight is 257 g/mol. The smallest absolute Gasteiger partial charge is 0.0313 e. The van der Waals surface area contributed by atoms with Crippen LogP contribution in [0.25, 0.3) is 0 Å². The molecule has 0 aromatic heterocycles. The molecule has 0 radical (unpaired) electrons. The zero-order valence-corrected chi connectivity index (χ0v) is 12.6. The molecule has 1 nitrogen and oxygen atoms in total. The molecule has 0 atom stereocenters. The van der Waals surface area contributed by atoms with Gasteiger partial charge in [-0.15, -0.1) is 0 Å². The van der Waals surface area contributed by atoms with Crippen LogP contribution in [0, 0.1) is 0 Å². The number of hydrogen-bond donors (Lipinski definition) is 1. The van der Waals surface area contributed by atoms with Crippen LogP contribution >= 0.6 is 0 Å². The lowest BCUT2D eigenvalue weighted by atomic mass is 10.0. The summed E-state index contributed by atoms with van der Waals surface area (Å²) in [7, 11) is 0. The van der Waals surface area contributed by atoms with Gasteiger partial charge in [0.15, 0.2) is 0 Å². The number of para-hydroxylation sites is 1. The van der Waals surface area contributed by atoms with Crippen molar-refractivity contribution in [2.45, 2.75) is 40.0 Å². The molecule has 0 aliphatic carbocycles. The quantitative estimate of drug-likeness (QED) is 0.671. The number of nitrogens with two attached hydrogens (primary N) is 1. The van der Waals surface area contributed by atoms with E-state index in [1.807, 2.05) is 36.4 Å². The van der Waals surface area contributed by atoms with Crippen LogP contribution in [-0.4, -0.2) is 0 Å². The Bertz CT molecular complexity index is 393. The van der Waals surface area contributed by atoms with Gasteiger partial charge in [0.1, 0.15) is 0 Å². The van der Waals surface area contributed by atoms with Gasteiger partial charge in [0, 0.05) is 5.69 Å². The SMILES string of the molecule is CC(C)c1ccccc1.CCC.Nc1ccccc1. The molecule has 0 aliphatic heterocycles. The molecule has 1 heteroatoms. The molecule has 19 heavy (non-hydrogen) atoms. The first kappa shape index (κ1) is 17.2. The maximum Gasteiger partial charge on any atom is 0.0313 e. The van der Waals surface area contributed by atoms with Crippen LogP contribution in [0.4, 0.5) is 5.69 Å². The Balaban J connectivity index is 0.000000289. The van der Waals surface area contributed by atoms with Crippen molar-refractivity contribution < 1.29 is 0 Å². The van der Waals surface area contributed by atoms with Crippen LogP contribution < -0.4 is 5.73 Å². The molecule has 2 N–H and O–H groups in total. The van der Waals surface area contributed by atoms with Gasteiger partial charge < -0.3 is 5.73 Å². The van der Waals surface area contributed by atoms with Crippen molar-refractivity contribution in [2.24, 2.45) is 0 Å². The van der Waals surface area contributed by atoms with Gasteiger partial charge in [0.25, 0.3) is 0 Å². The fourth-order valence-corrected chi connectivity index (χ4v) is 1.29. The fraction of sp³-hybridized carbons (Fsp3) is 0.333. The zero-order valence-electron chi connectivity index (χ0n) is 12.6. The zero-order chi connectivity index (χ0) is 14.5. The Kier molecular flexibility index (Phi) is 10.3. The van der Waals surface area contributed by atoms with Crippen LogP contribution in [0.1, 0.15) is 45.6 Å². The summed E-state index contributed by atoms with van der Waals surface area (Å²) in [6.07, 6.45) is 1.25. The third-order valence-electron chi connectivity index (χ3n) is 2.27. The molecule has 0 amide bonds. The summed E-state index contributed by atoms with van der Waals surface area (Å²) < 4.78 is 0. The van der Waals surface area contributed by atoms with Crippen molar-refractivity contribution in [1.82, 2.24) is 0 Å². The summed E-state index contributed by atoms with van der Waals surface area (Å²) in [5.41, 5.74) is 7.59. The highest BCUT2D eigenvalue weighted by Crippen LogP contribution is 2.11. The summed E-state index contributed by atoms with van der Waals surface area (Å²) in [5, 5.41) is 0. The van der Waals surface area contributed by atoms with Crippen molar-refractivity contribution in [1.29, 1.82) is 0 Å². The van der Waals surface area contributed by atoms with Gasteiger partial charge in [-0.3, -0.25) is 0 Å². The molecule has 2 aromatic rings. The molecule has 0 aliphatic rings. The largest absolute Gasteiger partial charge is 0.399 e. The number of benzene rings is 2. The summed E-state index contributed by atoms with van der Waals surface area (Å²) >= 11 is 0. The van der Waals surface area contributed by atoms with Gasteiger partial charge in [0.05, 0.1) is 0 Å². The maximum atomic E-state index is 5.36. The number of nitrogen functional groups attached to an aromatic ring is 1. The standard InChI is InChI=1S/C9H12.C6H7N.C3H8/c1-8(2)9-6-4-3-5-7-9;7-6-4-2-1-3-5-6;1-3-2/h3-8H,1-2H3;1-5H,7H2;3H2,1-2H3. The minimum absolute atomic E-state index is 0.659. The van der Waals surface area contributed by atoms with Crippen molar-refractivity contribution in [3.05, 3.63) is 66.2 Å². The van der Waals surface area contributed by atoms with Gasteiger partial charge in [-0.05, 0) is 23.6 Å². The molecule has 0 fully saturated rings. The van der Waals surface area contributed by atoms with Crippen LogP contribution in [0.3, 0.4) is 0 Å². The minimum Gasteiger partial charge on any atom is -0.399 e. The molecule has 2 rings (SSSR count). The monoisotopic (exact) mass is 257 g/mol. The fourth-order valence-electron chi connectivity index (χ4n) is 1.29. The summed E-state index contributed by atoms with van der Waals surface area (Å²) in [4.78, 5) is 0. The number of rotatable bonds is 1. The van der Waals surface area contributed by atoms with E-state index in [2.05, 4.69) is 52.0 Å². The lowest BCUT2D eigenvalue weighted by molar-refractivity contribution is 0.867. The van der Waals surface area contributed by atoms with Crippen LogP contribution in [0.5, 0.6) is 0 Å². The summed E-state index contributed by atoms with van der Waals surface area (Å²) in [6.45, 7) is 8.66. The van der Waals surface area contributed by atoms with Crippen molar-refractivity contribution in [3.63, 3.8) is 0 Å². The Morgan fingerprint density at radius 3 is 1.37 bits per heavy atom. The Morgan fingerprint density at radius 2 is 1.16 bits per heavy atom. The molecule has 2 aromatic carbocycles. The van der Waals surface area contributed by atoms with E-state index < -0.39 is 0 Å². The first-order chi connectivity index (χ1) is 9.11. The van der Waals surface area contributed by atoms with E-state index in [1.54, 1.807) is 0 Å². The number of anilines is 1. The second kappa shape index (κ2) is 11.3.